The van der Waals surface area contributed by atoms with Crippen molar-refractivity contribution in [2.75, 3.05) is 13.2 Å². The minimum atomic E-state index is -0.316. The van der Waals surface area contributed by atoms with Gasteiger partial charge in [-0.1, -0.05) is 26.0 Å². The Balaban J connectivity index is 2.38. The van der Waals surface area contributed by atoms with E-state index in [-0.39, 0.29) is 12.6 Å². The van der Waals surface area contributed by atoms with E-state index in [1.165, 1.54) is 5.56 Å². The third-order valence-electron chi connectivity index (χ3n) is 2.13. The molecule has 0 saturated carbocycles. The number of hydrogen-bond donors (Lipinski definition) is 0. The molecule has 16 heavy (non-hydrogen) atoms. The van der Waals surface area contributed by atoms with Crippen molar-refractivity contribution in [2.24, 2.45) is 0 Å². The normalized spacial score (nSPS) is 9.88. The van der Waals surface area contributed by atoms with Gasteiger partial charge in [0, 0.05) is 0 Å². The molecule has 0 heterocycles. The molecule has 0 bridgehead atoms. The molecule has 3 nitrogen and oxygen atoms in total. The van der Waals surface area contributed by atoms with Crippen molar-refractivity contribution >= 4 is 5.97 Å². The van der Waals surface area contributed by atoms with Gasteiger partial charge in [-0.3, -0.25) is 0 Å². The van der Waals surface area contributed by atoms with Gasteiger partial charge in [0.15, 0.2) is 6.61 Å². The lowest BCUT2D eigenvalue weighted by Crippen LogP contribution is -2.15. The Kier molecular flexibility index (Phi) is 5.40. The van der Waals surface area contributed by atoms with Crippen LogP contribution in [-0.4, -0.2) is 19.2 Å². The van der Waals surface area contributed by atoms with Gasteiger partial charge in [-0.15, -0.1) is 0 Å². The van der Waals surface area contributed by atoms with Gasteiger partial charge in [0.05, 0.1) is 6.61 Å². The highest BCUT2D eigenvalue weighted by Crippen LogP contribution is 2.13. The number of hydrogen-bond acceptors (Lipinski definition) is 3. The topological polar surface area (TPSA) is 35.5 Å². The maximum Gasteiger partial charge on any atom is 0.344 e. The van der Waals surface area contributed by atoms with Crippen molar-refractivity contribution in [1.29, 1.82) is 0 Å². The summed E-state index contributed by atoms with van der Waals surface area (Å²) in [6, 6.07) is 7.73. The van der Waals surface area contributed by atoms with Crippen LogP contribution in [0.25, 0.3) is 0 Å². The number of aryl methyl sites for hydroxylation is 1. The molecule has 0 aliphatic rings. The molecule has 0 radical (unpaired) electrons. The Hall–Kier alpha value is -1.51. The van der Waals surface area contributed by atoms with Crippen LogP contribution in [0.2, 0.25) is 0 Å². The molecule has 0 amide bonds. The summed E-state index contributed by atoms with van der Waals surface area (Å²) in [5.41, 5.74) is 1.19. The van der Waals surface area contributed by atoms with Gasteiger partial charge in [-0.25, -0.2) is 4.79 Å². The molecule has 1 aromatic carbocycles. The van der Waals surface area contributed by atoms with E-state index >= 15 is 0 Å². The fraction of sp³-hybridized carbons (Fsp3) is 0.462. The van der Waals surface area contributed by atoms with Crippen molar-refractivity contribution in [3.63, 3.8) is 0 Å². The van der Waals surface area contributed by atoms with E-state index < -0.39 is 0 Å². The Morgan fingerprint density at radius 2 is 2.12 bits per heavy atom. The molecule has 0 fully saturated rings. The van der Waals surface area contributed by atoms with Crippen LogP contribution < -0.4 is 4.74 Å². The lowest BCUT2D eigenvalue weighted by atomic mass is 10.2. The van der Waals surface area contributed by atoms with Gasteiger partial charge in [-0.2, -0.15) is 0 Å². The molecular formula is C13H18O3. The first-order valence-electron chi connectivity index (χ1n) is 5.63. The van der Waals surface area contributed by atoms with Crippen molar-refractivity contribution in [3.8, 4) is 5.75 Å². The second-order valence-electron chi connectivity index (χ2n) is 3.51. The maximum atomic E-state index is 11.2. The summed E-state index contributed by atoms with van der Waals surface area (Å²) in [5, 5.41) is 0. The summed E-state index contributed by atoms with van der Waals surface area (Å²) in [6.45, 7) is 4.47. The zero-order valence-corrected chi connectivity index (χ0v) is 9.86. The molecule has 0 atom stereocenters. The van der Waals surface area contributed by atoms with Gasteiger partial charge in [0.1, 0.15) is 5.75 Å². The van der Waals surface area contributed by atoms with E-state index in [9.17, 15) is 4.79 Å². The number of carbonyl (C=O) groups excluding carboxylic acids is 1. The largest absolute Gasteiger partial charge is 0.482 e. The number of benzene rings is 1. The van der Waals surface area contributed by atoms with E-state index in [1.807, 2.05) is 31.2 Å². The van der Waals surface area contributed by atoms with E-state index in [0.717, 1.165) is 12.8 Å². The molecule has 3 heteroatoms. The molecule has 0 saturated heterocycles. The molecule has 0 unspecified atom stereocenters. The van der Waals surface area contributed by atoms with Crippen LogP contribution in [-0.2, 0) is 16.0 Å². The molecule has 0 spiro atoms. The van der Waals surface area contributed by atoms with Gasteiger partial charge in [-0.05, 0) is 30.5 Å². The highest BCUT2D eigenvalue weighted by Gasteiger charge is 2.03. The maximum absolute atomic E-state index is 11.2. The zero-order valence-electron chi connectivity index (χ0n) is 9.86. The Morgan fingerprint density at radius 1 is 1.31 bits per heavy atom. The van der Waals surface area contributed by atoms with Gasteiger partial charge >= 0.3 is 5.97 Å². The van der Waals surface area contributed by atoms with E-state index in [4.69, 9.17) is 9.47 Å². The predicted molar refractivity (Wildman–Crippen MR) is 62.6 cm³/mol. The molecule has 1 aromatic rings. The molecule has 0 N–H and O–H groups in total. The smallest absolute Gasteiger partial charge is 0.344 e. The van der Waals surface area contributed by atoms with Gasteiger partial charge in [0.2, 0.25) is 0 Å². The highest BCUT2D eigenvalue weighted by molar-refractivity contribution is 5.71. The van der Waals surface area contributed by atoms with Crippen molar-refractivity contribution < 1.29 is 14.3 Å². The number of esters is 1. The van der Waals surface area contributed by atoms with E-state index in [1.54, 1.807) is 0 Å². The van der Waals surface area contributed by atoms with Crippen LogP contribution in [0.4, 0.5) is 0 Å². The average molecular weight is 222 g/mol. The third kappa shape index (κ3) is 4.34. The standard InChI is InChI=1S/C13H18O3/c1-3-8-15-13(14)10-16-12-7-5-6-11(4-2)9-12/h5-7,9H,3-4,8,10H2,1-2H3. The molecule has 1 rings (SSSR count). The third-order valence-corrected chi connectivity index (χ3v) is 2.13. The SMILES string of the molecule is CCCOC(=O)COc1cccc(CC)c1. The van der Waals surface area contributed by atoms with Crippen LogP contribution in [0.1, 0.15) is 25.8 Å². The molecule has 88 valence electrons. The summed E-state index contributed by atoms with van der Waals surface area (Å²) >= 11 is 0. The Morgan fingerprint density at radius 3 is 2.81 bits per heavy atom. The van der Waals surface area contributed by atoms with E-state index in [2.05, 4.69) is 6.92 Å². The van der Waals surface area contributed by atoms with Crippen LogP contribution in [0, 0.1) is 0 Å². The van der Waals surface area contributed by atoms with Crippen molar-refractivity contribution in [2.45, 2.75) is 26.7 Å². The minimum absolute atomic E-state index is 0.0207. The van der Waals surface area contributed by atoms with E-state index in [0.29, 0.717) is 12.4 Å². The van der Waals surface area contributed by atoms with Gasteiger partial charge in [0.25, 0.3) is 0 Å². The summed E-state index contributed by atoms with van der Waals surface area (Å²) in [5.74, 6) is 0.400. The molecular weight excluding hydrogens is 204 g/mol. The zero-order chi connectivity index (χ0) is 11.8. The highest BCUT2D eigenvalue weighted by atomic mass is 16.6. The molecule has 0 aliphatic heterocycles. The fourth-order valence-corrected chi connectivity index (χ4v) is 1.26. The number of rotatable bonds is 6. The lowest BCUT2D eigenvalue weighted by molar-refractivity contribution is -0.146. The Labute approximate surface area is 96.4 Å². The monoisotopic (exact) mass is 222 g/mol. The first-order chi connectivity index (χ1) is 7.76. The summed E-state index contributed by atoms with van der Waals surface area (Å²) < 4.78 is 10.2. The fourth-order valence-electron chi connectivity index (χ4n) is 1.26. The van der Waals surface area contributed by atoms with Crippen molar-refractivity contribution in [3.05, 3.63) is 29.8 Å². The van der Waals surface area contributed by atoms with Crippen LogP contribution in [0.15, 0.2) is 24.3 Å². The van der Waals surface area contributed by atoms with Crippen LogP contribution >= 0.6 is 0 Å². The predicted octanol–water partition coefficient (Wildman–Crippen LogP) is 2.58. The lowest BCUT2D eigenvalue weighted by Gasteiger charge is -2.07. The van der Waals surface area contributed by atoms with Crippen LogP contribution in [0.3, 0.4) is 0 Å². The second kappa shape index (κ2) is 6.88. The molecule has 0 aromatic heterocycles. The first kappa shape index (κ1) is 12.6. The summed E-state index contributed by atoms with van der Waals surface area (Å²) in [6.07, 6.45) is 1.79. The quantitative estimate of drug-likeness (QED) is 0.694. The first-order valence-corrected chi connectivity index (χ1v) is 5.63. The Bertz CT molecular complexity index is 334. The number of carbonyl (C=O) groups is 1. The number of ether oxygens (including phenoxy) is 2. The van der Waals surface area contributed by atoms with Crippen LogP contribution in [0.5, 0.6) is 5.75 Å². The summed E-state index contributed by atoms with van der Waals surface area (Å²) in [7, 11) is 0. The second-order valence-corrected chi connectivity index (χ2v) is 3.51. The molecule has 0 aliphatic carbocycles. The van der Waals surface area contributed by atoms with Gasteiger partial charge < -0.3 is 9.47 Å². The minimum Gasteiger partial charge on any atom is -0.482 e. The summed E-state index contributed by atoms with van der Waals surface area (Å²) in [4.78, 5) is 11.2. The van der Waals surface area contributed by atoms with Crippen molar-refractivity contribution in [1.82, 2.24) is 0 Å². The average Bonchev–Trinajstić information content (AvgIpc) is 2.34.